The average Bonchev–Trinajstić information content (AvgIpc) is 2.61. The number of carbonyl (C=O) groups is 2. The van der Waals surface area contributed by atoms with Crippen LogP contribution >= 0.6 is 0 Å². The summed E-state index contributed by atoms with van der Waals surface area (Å²) in [7, 11) is 4.43. The summed E-state index contributed by atoms with van der Waals surface area (Å²) in [6, 6.07) is 8.19. The van der Waals surface area contributed by atoms with E-state index in [0.717, 1.165) is 29.7 Å². The highest BCUT2D eigenvalue weighted by Crippen LogP contribution is 2.30. The summed E-state index contributed by atoms with van der Waals surface area (Å²) >= 11 is 0. The molecule has 0 heterocycles. The number of benzene rings is 1. The molecule has 3 nitrogen and oxygen atoms in total. The lowest BCUT2D eigenvalue weighted by Gasteiger charge is -2.23. The molecule has 3 rings (SSSR count). The molecule has 0 bridgehead atoms. The normalized spacial score (nSPS) is 19.0. The maximum Gasteiger partial charge on any atom is 0.227 e. The van der Waals surface area contributed by atoms with Gasteiger partial charge in [-0.2, -0.15) is 0 Å². The largest absolute Gasteiger partial charge is 0.356 e. The van der Waals surface area contributed by atoms with E-state index in [0.29, 0.717) is 5.82 Å². The van der Waals surface area contributed by atoms with Crippen LogP contribution in [0.5, 0.6) is 0 Å². The minimum absolute atomic E-state index is 0.121. The van der Waals surface area contributed by atoms with Crippen molar-refractivity contribution in [3.05, 3.63) is 47.6 Å². The molecular formula is C24H31B2NO2. The van der Waals surface area contributed by atoms with E-state index in [4.69, 9.17) is 0 Å². The first-order chi connectivity index (χ1) is 13.8. The number of allylic oxidation sites excluding steroid dienone is 3. The van der Waals surface area contributed by atoms with Crippen molar-refractivity contribution in [1.29, 1.82) is 0 Å². The molecule has 0 saturated heterocycles. The molecule has 0 spiro atoms. The van der Waals surface area contributed by atoms with E-state index < -0.39 is 11.6 Å². The predicted molar refractivity (Wildman–Crippen MR) is 123 cm³/mol. The van der Waals surface area contributed by atoms with Crippen LogP contribution in [-0.2, 0) is 9.59 Å². The third-order valence-corrected chi connectivity index (χ3v) is 5.47. The first kappa shape index (κ1) is 21.7. The number of anilines is 1. The van der Waals surface area contributed by atoms with Crippen molar-refractivity contribution < 1.29 is 9.59 Å². The first-order valence-corrected chi connectivity index (χ1v) is 10.9. The zero-order valence-electron chi connectivity index (χ0n) is 18.0. The first-order valence-electron chi connectivity index (χ1n) is 10.9. The van der Waals surface area contributed by atoms with Crippen molar-refractivity contribution in [2.24, 2.45) is 0 Å². The fraction of sp³-hybridized carbons (Fsp3) is 0.500. The SMILES string of the molecule is CC(C)(C)[B]c1ccc(NC2=CC(=O)C(=O)C=C2[B]C2CCCCCCC2)cc1. The topological polar surface area (TPSA) is 46.2 Å². The van der Waals surface area contributed by atoms with E-state index in [-0.39, 0.29) is 5.31 Å². The van der Waals surface area contributed by atoms with Crippen molar-refractivity contribution in [3.63, 3.8) is 0 Å². The smallest absolute Gasteiger partial charge is 0.227 e. The Morgan fingerprint density at radius 2 is 1.45 bits per heavy atom. The van der Waals surface area contributed by atoms with Crippen LogP contribution < -0.4 is 10.8 Å². The lowest BCUT2D eigenvalue weighted by molar-refractivity contribution is -0.131. The Balaban J connectivity index is 1.71. The predicted octanol–water partition coefficient (Wildman–Crippen LogP) is 4.80. The summed E-state index contributed by atoms with van der Waals surface area (Å²) < 4.78 is 0. The Kier molecular flexibility index (Phi) is 7.21. The Hall–Kier alpha value is -2.03. The van der Waals surface area contributed by atoms with E-state index >= 15 is 0 Å². The summed E-state index contributed by atoms with van der Waals surface area (Å²) in [6.07, 6.45) is 11.7. The van der Waals surface area contributed by atoms with Gasteiger partial charge in [-0.05, 0) is 18.2 Å². The number of hydrogen-bond donors (Lipinski definition) is 1. The molecule has 1 saturated carbocycles. The van der Waals surface area contributed by atoms with Crippen molar-refractivity contribution in [3.8, 4) is 0 Å². The number of rotatable bonds is 5. The molecule has 1 aromatic carbocycles. The van der Waals surface area contributed by atoms with E-state index in [2.05, 4.69) is 52.8 Å². The number of hydrogen-bond acceptors (Lipinski definition) is 3. The Labute approximate surface area is 176 Å². The molecule has 2 radical (unpaired) electrons. The molecule has 0 aromatic heterocycles. The average molecular weight is 387 g/mol. The highest BCUT2D eigenvalue weighted by molar-refractivity contribution is 6.56. The maximum atomic E-state index is 12.0. The van der Waals surface area contributed by atoms with Crippen LogP contribution in [0.4, 0.5) is 5.69 Å². The van der Waals surface area contributed by atoms with Gasteiger partial charge in [0, 0.05) is 17.5 Å². The summed E-state index contributed by atoms with van der Waals surface area (Å²) in [6.45, 7) is 6.53. The quantitative estimate of drug-likeness (QED) is 0.449. The third kappa shape index (κ3) is 6.76. The van der Waals surface area contributed by atoms with Crippen molar-refractivity contribution >= 4 is 37.3 Å². The van der Waals surface area contributed by atoms with Crippen molar-refractivity contribution in [2.45, 2.75) is 76.8 Å². The second kappa shape index (κ2) is 9.65. The van der Waals surface area contributed by atoms with E-state index in [1.54, 1.807) is 0 Å². The zero-order valence-corrected chi connectivity index (χ0v) is 18.0. The molecule has 1 aromatic rings. The number of carbonyl (C=O) groups excluding carboxylic acids is 2. The lowest BCUT2D eigenvalue weighted by Crippen LogP contribution is -2.24. The van der Waals surface area contributed by atoms with Gasteiger partial charge in [0.25, 0.3) is 0 Å². The minimum Gasteiger partial charge on any atom is -0.356 e. The maximum absolute atomic E-state index is 12.0. The summed E-state index contributed by atoms with van der Waals surface area (Å²) in [5.41, 5.74) is 3.67. The van der Waals surface area contributed by atoms with Crippen LogP contribution in [0.15, 0.2) is 47.6 Å². The van der Waals surface area contributed by atoms with Crippen LogP contribution in [-0.4, -0.2) is 26.1 Å². The second-order valence-corrected chi connectivity index (χ2v) is 9.42. The monoisotopic (exact) mass is 387 g/mol. The van der Waals surface area contributed by atoms with Gasteiger partial charge in [0.1, 0.15) is 0 Å². The summed E-state index contributed by atoms with van der Waals surface area (Å²) in [5, 5.41) is 3.49. The van der Waals surface area contributed by atoms with Crippen molar-refractivity contribution in [2.75, 3.05) is 5.32 Å². The number of nitrogens with one attached hydrogen (secondary N) is 1. The molecule has 29 heavy (non-hydrogen) atoms. The molecule has 0 aliphatic heterocycles. The van der Waals surface area contributed by atoms with Crippen LogP contribution in [0.25, 0.3) is 0 Å². The fourth-order valence-electron chi connectivity index (χ4n) is 4.05. The highest BCUT2D eigenvalue weighted by atomic mass is 16.2. The molecule has 2 aliphatic rings. The van der Waals surface area contributed by atoms with Gasteiger partial charge in [0.2, 0.25) is 11.6 Å². The van der Waals surface area contributed by atoms with E-state index in [1.165, 1.54) is 49.7 Å². The molecule has 0 atom stereocenters. The molecule has 1 fully saturated rings. The summed E-state index contributed by atoms with van der Waals surface area (Å²) in [5.74, 6) is -0.417. The van der Waals surface area contributed by atoms with Crippen molar-refractivity contribution in [1.82, 2.24) is 0 Å². The third-order valence-electron chi connectivity index (χ3n) is 5.47. The molecule has 0 amide bonds. The van der Waals surface area contributed by atoms with Gasteiger partial charge in [-0.1, -0.05) is 99.9 Å². The standard InChI is InChI=1S/C24H31B2NO2/c1-24(2,3)26-18-11-13-19(14-12-18)27-21-16-23(29)22(28)15-20(21)25-17-9-7-5-4-6-8-10-17/h11-17,27H,4-10H2,1-3H3. The summed E-state index contributed by atoms with van der Waals surface area (Å²) in [4.78, 5) is 24.0. The van der Waals surface area contributed by atoms with Gasteiger partial charge in [0.15, 0.2) is 14.6 Å². The minimum atomic E-state index is -0.458. The molecular weight excluding hydrogens is 356 g/mol. The molecule has 150 valence electrons. The van der Waals surface area contributed by atoms with Crippen LogP contribution in [0.1, 0.15) is 65.7 Å². The highest BCUT2D eigenvalue weighted by Gasteiger charge is 2.24. The van der Waals surface area contributed by atoms with Crippen LogP contribution in [0.2, 0.25) is 11.1 Å². The van der Waals surface area contributed by atoms with E-state index in [1.807, 2.05) is 12.1 Å². The Morgan fingerprint density at radius 3 is 2.07 bits per heavy atom. The molecule has 5 heteroatoms. The van der Waals surface area contributed by atoms with Crippen LogP contribution in [0.3, 0.4) is 0 Å². The lowest BCUT2D eigenvalue weighted by atomic mass is 9.51. The van der Waals surface area contributed by atoms with Gasteiger partial charge in [-0.25, -0.2) is 0 Å². The second-order valence-electron chi connectivity index (χ2n) is 9.42. The number of ketones is 2. The zero-order chi connectivity index (χ0) is 20.9. The van der Waals surface area contributed by atoms with Gasteiger partial charge in [-0.15, -0.1) is 0 Å². The fourth-order valence-corrected chi connectivity index (χ4v) is 4.05. The van der Waals surface area contributed by atoms with Gasteiger partial charge < -0.3 is 5.32 Å². The van der Waals surface area contributed by atoms with E-state index in [9.17, 15) is 9.59 Å². The molecule has 0 unspecified atom stereocenters. The van der Waals surface area contributed by atoms with Gasteiger partial charge in [0.05, 0.1) is 0 Å². The van der Waals surface area contributed by atoms with Crippen LogP contribution in [0, 0.1) is 0 Å². The molecule has 2 aliphatic carbocycles. The Bertz CT molecular complexity index is 795. The van der Waals surface area contributed by atoms with Gasteiger partial charge in [-0.3, -0.25) is 9.59 Å². The van der Waals surface area contributed by atoms with Gasteiger partial charge >= 0.3 is 0 Å². The Morgan fingerprint density at radius 1 is 0.862 bits per heavy atom. The molecule has 1 N–H and O–H groups in total.